The van der Waals surface area contributed by atoms with E-state index in [1.165, 1.54) is 0 Å². The van der Waals surface area contributed by atoms with Gasteiger partial charge in [-0.05, 0) is 25.1 Å². The molecule has 5 heterocycles. The summed E-state index contributed by atoms with van der Waals surface area (Å²) in [5.41, 5.74) is 0.962. The first-order valence-electron chi connectivity index (χ1n) is 8.49. The number of pyridine rings is 1. The molecule has 0 radical (unpaired) electrons. The predicted molar refractivity (Wildman–Crippen MR) is 89.6 cm³/mol. The van der Waals surface area contributed by atoms with Gasteiger partial charge in [0.2, 0.25) is 5.91 Å². The average Bonchev–Trinajstić information content (AvgIpc) is 2.96. The van der Waals surface area contributed by atoms with Crippen LogP contribution in [0, 0.1) is 0 Å². The molecular formula is C17H22N6O. The van der Waals surface area contributed by atoms with Gasteiger partial charge >= 0.3 is 0 Å². The second kappa shape index (κ2) is 6.70. The highest BCUT2D eigenvalue weighted by molar-refractivity contribution is 5.82. The van der Waals surface area contributed by atoms with E-state index in [-0.39, 0.29) is 11.9 Å². The van der Waals surface area contributed by atoms with Crippen molar-refractivity contribution in [3.05, 3.63) is 42.4 Å². The molecule has 3 unspecified atom stereocenters. The van der Waals surface area contributed by atoms with Gasteiger partial charge < -0.3 is 5.32 Å². The Morgan fingerprint density at radius 2 is 2.17 bits per heavy atom. The Morgan fingerprint density at radius 1 is 1.21 bits per heavy atom. The normalized spacial score (nSPS) is 26.1. The summed E-state index contributed by atoms with van der Waals surface area (Å²) in [7, 11) is 0. The average molecular weight is 326 g/mol. The van der Waals surface area contributed by atoms with E-state index >= 15 is 0 Å². The molecule has 1 amide bonds. The van der Waals surface area contributed by atoms with E-state index in [2.05, 4.69) is 25.2 Å². The smallest absolute Gasteiger partial charge is 0.238 e. The molecule has 3 aliphatic heterocycles. The largest absolute Gasteiger partial charge is 0.350 e. The standard InChI is InChI=1S/C17H22N6O/c24-17(15-13-21-7-3-8-22(15)11-10-21)19-12-14-4-1-5-18-16(14)23-9-2-6-20-23/h1-2,4-6,9,15H,3,7-8,10-13H2,(H,19,24). The number of carbonyl (C=O) groups excluding carboxylic acids is 1. The maximum atomic E-state index is 12.7. The second-order valence-corrected chi connectivity index (χ2v) is 6.36. The van der Waals surface area contributed by atoms with Crippen LogP contribution in [-0.4, -0.2) is 69.2 Å². The quantitative estimate of drug-likeness (QED) is 0.874. The number of rotatable bonds is 4. The molecule has 7 nitrogen and oxygen atoms in total. The minimum atomic E-state index is -0.0360. The Bertz CT molecular complexity index is 697. The summed E-state index contributed by atoms with van der Waals surface area (Å²) >= 11 is 0. The first-order valence-corrected chi connectivity index (χ1v) is 8.49. The van der Waals surface area contributed by atoms with E-state index in [0.717, 1.165) is 50.5 Å². The lowest BCUT2D eigenvalue weighted by molar-refractivity contribution is -0.128. The van der Waals surface area contributed by atoms with Crippen LogP contribution in [0.3, 0.4) is 0 Å². The van der Waals surface area contributed by atoms with Crippen LogP contribution in [0.4, 0.5) is 0 Å². The second-order valence-electron chi connectivity index (χ2n) is 6.36. The van der Waals surface area contributed by atoms with Gasteiger partial charge in [-0.2, -0.15) is 5.10 Å². The van der Waals surface area contributed by atoms with Crippen molar-refractivity contribution in [1.82, 2.24) is 29.9 Å². The highest BCUT2D eigenvalue weighted by atomic mass is 16.2. The Morgan fingerprint density at radius 3 is 3.04 bits per heavy atom. The molecule has 126 valence electrons. The number of nitrogens with zero attached hydrogens (tertiary/aromatic N) is 5. The van der Waals surface area contributed by atoms with Crippen LogP contribution in [0.25, 0.3) is 5.82 Å². The fourth-order valence-electron chi connectivity index (χ4n) is 3.56. The summed E-state index contributed by atoms with van der Waals surface area (Å²) in [6.45, 7) is 5.49. The van der Waals surface area contributed by atoms with Crippen LogP contribution in [0.1, 0.15) is 12.0 Å². The Hall–Kier alpha value is -2.25. The lowest BCUT2D eigenvalue weighted by Gasteiger charge is -2.36. The van der Waals surface area contributed by atoms with Crippen LogP contribution < -0.4 is 5.32 Å². The zero-order chi connectivity index (χ0) is 16.4. The molecule has 0 spiro atoms. The SMILES string of the molecule is O=C(NCc1cccnc1-n1cccn1)C1CN2CCCN1CC2. The van der Waals surface area contributed by atoms with E-state index in [1.54, 1.807) is 17.1 Å². The molecule has 2 bridgehead atoms. The first-order chi connectivity index (χ1) is 11.8. The van der Waals surface area contributed by atoms with Crippen molar-refractivity contribution in [2.75, 3.05) is 32.7 Å². The van der Waals surface area contributed by atoms with Crippen molar-refractivity contribution < 1.29 is 4.79 Å². The number of piperazine rings is 1. The van der Waals surface area contributed by atoms with Crippen molar-refractivity contribution in [2.24, 2.45) is 0 Å². The lowest BCUT2D eigenvalue weighted by Crippen LogP contribution is -2.56. The van der Waals surface area contributed by atoms with Crippen molar-refractivity contribution in [1.29, 1.82) is 0 Å². The minimum absolute atomic E-state index is 0.0360. The van der Waals surface area contributed by atoms with Gasteiger partial charge in [-0.3, -0.25) is 14.6 Å². The third-order valence-corrected chi connectivity index (χ3v) is 4.84. The number of nitrogens with one attached hydrogen (secondary N) is 1. The molecule has 1 N–H and O–H groups in total. The third kappa shape index (κ3) is 3.05. The molecule has 3 aliphatic rings. The third-order valence-electron chi connectivity index (χ3n) is 4.84. The number of fused-ring (bicyclic) bond motifs is 4. The molecule has 0 aromatic carbocycles. The molecule has 2 aromatic heterocycles. The van der Waals surface area contributed by atoms with Crippen LogP contribution in [0.15, 0.2) is 36.8 Å². The molecule has 3 fully saturated rings. The summed E-state index contributed by atoms with van der Waals surface area (Å²) in [5.74, 6) is 0.867. The van der Waals surface area contributed by atoms with Gasteiger partial charge in [-0.15, -0.1) is 0 Å². The number of amides is 1. The number of hydrogen-bond donors (Lipinski definition) is 1. The predicted octanol–water partition coefficient (Wildman–Crippen LogP) is 0.273. The maximum absolute atomic E-state index is 12.7. The van der Waals surface area contributed by atoms with E-state index in [9.17, 15) is 4.79 Å². The summed E-state index contributed by atoms with van der Waals surface area (Å²) in [6.07, 6.45) is 6.47. The van der Waals surface area contributed by atoms with Gasteiger partial charge in [0.25, 0.3) is 0 Å². The van der Waals surface area contributed by atoms with Gasteiger partial charge in [0.05, 0.1) is 0 Å². The first kappa shape index (κ1) is 15.3. The fourth-order valence-corrected chi connectivity index (χ4v) is 3.56. The molecule has 3 saturated heterocycles. The van der Waals surface area contributed by atoms with E-state index in [1.807, 2.05) is 24.4 Å². The maximum Gasteiger partial charge on any atom is 0.238 e. The van der Waals surface area contributed by atoms with Crippen molar-refractivity contribution in [3.8, 4) is 5.82 Å². The highest BCUT2D eigenvalue weighted by Crippen LogP contribution is 2.16. The number of aromatic nitrogens is 3. The zero-order valence-electron chi connectivity index (χ0n) is 13.6. The van der Waals surface area contributed by atoms with E-state index in [0.29, 0.717) is 6.54 Å². The molecule has 24 heavy (non-hydrogen) atoms. The van der Waals surface area contributed by atoms with E-state index < -0.39 is 0 Å². The molecular weight excluding hydrogens is 304 g/mol. The Balaban J connectivity index is 1.45. The number of hydrogen-bond acceptors (Lipinski definition) is 5. The van der Waals surface area contributed by atoms with Crippen LogP contribution in [0.5, 0.6) is 0 Å². The Kier molecular flexibility index (Phi) is 4.27. The van der Waals surface area contributed by atoms with Crippen molar-refractivity contribution >= 4 is 5.91 Å². The molecule has 2 aromatic rings. The summed E-state index contributed by atoms with van der Waals surface area (Å²) in [4.78, 5) is 21.8. The van der Waals surface area contributed by atoms with E-state index in [4.69, 9.17) is 0 Å². The lowest BCUT2D eigenvalue weighted by atomic mass is 10.1. The van der Waals surface area contributed by atoms with Gasteiger partial charge in [-0.1, -0.05) is 6.07 Å². The van der Waals surface area contributed by atoms with Crippen molar-refractivity contribution in [2.45, 2.75) is 19.0 Å². The monoisotopic (exact) mass is 326 g/mol. The fraction of sp³-hybridized carbons (Fsp3) is 0.471. The number of carbonyl (C=O) groups is 1. The zero-order valence-corrected chi connectivity index (χ0v) is 13.6. The molecule has 0 aliphatic carbocycles. The van der Waals surface area contributed by atoms with Crippen LogP contribution in [-0.2, 0) is 11.3 Å². The van der Waals surface area contributed by atoms with Gasteiger partial charge in [0, 0.05) is 56.9 Å². The molecule has 5 rings (SSSR count). The van der Waals surface area contributed by atoms with Gasteiger partial charge in [-0.25, -0.2) is 9.67 Å². The summed E-state index contributed by atoms with van der Waals surface area (Å²) in [5, 5.41) is 7.33. The minimum Gasteiger partial charge on any atom is -0.350 e. The molecule has 3 atom stereocenters. The summed E-state index contributed by atoms with van der Waals surface area (Å²) in [6, 6.07) is 5.69. The van der Waals surface area contributed by atoms with Gasteiger partial charge in [0.1, 0.15) is 6.04 Å². The van der Waals surface area contributed by atoms with Crippen molar-refractivity contribution in [3.63, 3.8) is 0 Å². The van der Waals surface area contributed by atoms with Crippen LogP contribution >= 0.6 is 0 Å². The Labute approximate surface area is 141 Å². The molecule has 0 saturated carbocycles. The summed E-state index contributed by atoms with van der Waals surface area (Å²) < 4.78 is 1.73. The van der Waals surface area contributed by atoms with Crippen LogP contribution in [0.2, 0.25) is 0 Å². The highest BCUT2D eigenvalue weighted by Gasteiger charge is 2.34. The molecule has 7 heteroatoms. The topological polar surface area (TPSA) is 66.3 Å². The van der Waals surface area contributed by atoms with Gasteiger partial charge in [0.15, 0.2) is 5.82 Å².